The number of carbonyl (C=O) groups excluding carboxylic acids is 2. The van der Waals surface area contributed by atoms with Crippen LogP contribution in [-0.2, 0) is 4.79 Å². The minimum Gasteiger partial charge on any atom is -0.467 e. The van der Waals surface area contributed by atoms with Gasteiger partial charge in [-0.1, -0.05) is 12.1 Å². The highest BCUT2D eigenvalue weighted by Gasteiger charge is 2.57. The number of benzene rings is 1. The van der Waals surface area contributed by atoms with Crippen LogP contribution in [0.1, 0.15) is 48.9 Å². The van der Waals surface area contributed by atoms with Gasteiger partial charge in [-0.15, -0.1) is 0 Å². The van der Waals surface area contributed by atoms with Gasteiger partial charge in [0, 0.05) is 31.3 Å². The van der Waals surface area contributed by atoms with E-state index < -0.39 is 5.72 Å². The molecule has 1 spiro atoms. The summed E-state index contributed by atoms with van der Waals surface area (Å²) >= 11 is 0. The van der Waals surface area contributed by atoms with Gasteiger partial charge in [0.1, 0.15) is 5.75 Å². The molecular formula is C21H26N2O4. The number of fused-ring (bicyclic) bond motifs is 3. The lowest BCUT2D eigenvalue weighted by Gasteiger charge is -2.55. The van der Waals surface area contributed by atoms with E-state index >= 15 is 0 Å². The second-order valence-corrected chi connectivity index (χ2v) is 8.58. The van der Waals surface area contributed by atoms with Crippen molar-refractivity contribution in [3.8, 4) is 5.75 Å². The molecule has 5 aliphatic rings. The number of carbonyl (C=O) groups is 2. The molecule has 3 aliphatic carbocycles. The molecule has 6 heteroatoms. The highest BCUT2D eigenvalue weighted by atomic mass is 16.5. The molecule has 2 amide bonds. The molecule has 1 saturated heterocycles. The molecule has 2 aliphatic heterocycles. The number of ether oxygens (including phenoxy) is 1. The van der Waals surface area contributed by atoms with Crippen LogP contribution in [0.25, 0.3) is 0 Å². The Kier molecular flexibility index (Phi) is 3.93. The normalized spacial score (nSPS) is 35.5. The fraction of sp³-hybridized carbons (Fsp3) is 0.619. The van der Waals surface area contributed by atoms with Gasteiger partial charge in [-0.05, 0) is 50.2 Å². The molecule has 2 N–H and O–H groups in total. The van der Waals surface area contributed by atoms with Crippen LogP contribution in [0.3, 0.4) is 0 Å². The number of para-hydroxylation sites is 1. The fourth-order valence-corrected chi connectivity index (χ4v) is 5.58. The van der Waals surface area contributed by atoms with E-state index in [0.717, 1.165) is 19.3 Å². The Balaban J connectivity index is 1.35. The summed E-state index contributed by atoms with van der Waals surface area (Å²) in [5.74, 6) is 1.22. The second kappa shape index (κ2) is 6.23. The number of nitrogens with one attached hydrogen (secondary N) is 1. The molecule has 6 nitrogen and oxygen atoms in total. The van der Waals surface area contributed by atoms with E-state index in [1.165, 1.54) is 0 Å². The highest BCUT2D eigenvalue weighted by Crippen LogP contribution is 2.52. The van der Waals surface area contributed by atoms with Crippen molar-refractivity contribution >= 4 is 11.8 Å². The summed E-state index contributed by atoms with van der Waals surface area (Å²) in [6, 6.07) is 7.38. The van der Waals surface area contributed by atoms with Crippen LogP contribution in [0.4, 0.5) is 0 Å². The average molecular weight is 370 g/mol. The van der Waals surface area contributed by atoms with E-state index in [9.17, 15) is 14.7 Å². The number of nitrogens with zero attached hydrogens (tertiary/aromatic N) is 1. The number of aliphatic hydroxyl groups is 1. The Bertz CT molecular complexity index is 773. The van der Waals surface area contributed by atoms with Crippen LogP contribution in [0.2, 0.25) is 0 Å². The quantitative estimate of drug-likeness (QED) is 0.792. The minimum atomic E-state index is -0.663. The van der Waals surface area contributed by atoms with Crippen molar-refractivity contribution in [3.63, 3.8) is 0 Å². The summed E-state index contributed by atoms with van der Waals surface area (Å²) in [6.07, 6.45) is 4.54. The molecule has 1 aromatic rings. The van der Waals surface area contributed by atoms with Crippen molar-refractivity contribution in [2.45, 2.75) is 50.4 Å². The molecule has 144 valence electrons. The lowest BCUT2D eigenvalue weighted by molar-refractivity contribution is -0.157. The molecule has 2 bridgehead atoms. The summed E-state index contributed by atoms with van der Waals surface area (Å²) in [5.41, 5.74) is -0.0764. The first kappa shape index (κ1) is 17.0. The van der Waals surface area contributed by atoms with Gasteiger partial charge in [-0.2, -0.15) is 0 Å². The topological polar surface area (TPSA) is 78.9 Å². The summed E-state index contributed by atoms with van der Waals surface area (Å²) in [4.78, 5) is 27.7. The summed E-state index contributed by atoms with van der Waals surface area (Å²) in [6.45, 7) is 1.30. The Labute approximate surface area is 158 Å². The zero-order valence-electron chi connectivity index (χ0n) is 15.4. The van der Waals surface area contributed by atoms with Crippen molar-refractivity contribution in [1.82, 2.24) is 10.2 Å². The predicted octanol–water partition coefficient (Wildman–Crippen LogP) is 1.92. The number of likely N-dealkylation sites (tertiary alicyclic amines) is 1. The molecule has 6 rings (SSSR count). The summed E-state index contributed by atoms with van der Waals surface area (Å²) < 4.78 is 6.36. The van der Waals surface area contributed by atoms with E-state index in [-0.39, 0.29) is 35.7 Å². The maximum absolute atomic E-state index is 13.1. The molecule has 2 heterocycles. The molecule has 0 radical (unpaired) electrons. The molecule has 1 aromatic carbocycles. The number of aliphatic hydroxyl groups excluding tert-OH is 1. The highest BCUT2D eigenvalue weighted by molar-refractivity contribution is 5.98. The first-order valence-corrected chi connectivity index (χ1v) is 10.1. The Morgan fingerprint density at radius 3 is 2.70 bits per heavy atom. The van der Waals surface area contributed by atoms with Crippen LogP contribution in [0.15, 0.2) is 24.3 Å². The largest absolute Gasteiger partial charge is 0.467 e. The monoisotopic (exact) mass is 370 g/mol. The molecule has 0 unspecified atom stereocenters. The third kappa shape index (κ3) is 2.73. The van der Waals surface area contributed by atoms with Gasteiger partial charge in [0.15, 0.2) is 5.72 Å². The number of rotatable bonds is 1. The number of hydrogen-bond donors (Lipinski definition) is 2. The Morgan fingerprint density at radius 1 is 1.19 bits per heavy atom. The zero-order valence-corrected chi connectivity index (χ0v) is 15.4. The van der Waals surface area contributed by atoms with Gasteiger partial charge in [-0.25, -0.2) is 0 Å². The van der Waals surface area contributed by atoms with Crippen molar-refractivity contribution in [3.05, 3.63) is 29.8 Å². The van der Waals surface area contributed by atoms with E-state index in [4.69, 9.17) is 4.74 Å². The third-order valence-electron chi connectivity index (χ3n) is 7.06. The molecule has 4 fully saturated rings. The van der Waals surface area contributed by atoms with E-state index in [0.29, 0.717) is 43.7 Å². The number of amides is 2. The van der Waals surface area contributed by atoms with Gasteiger partial charge in [-0.3, -0.25) is 9.59 Å². The number of piperidine rings is 1. The number of hydrogen-bond acceptors (Lipinski definition) is 4. The molecule has 4 atom stereocenters. The van der Waals surface area contributed by atoms with Crippen LogP contribution in [0, 0.1) is 17.8 Å². The van der Waals surface area contributed by atoms with Crippen molar-refractivity contribution in [2.24, 2.45) is 17.8 Å². The molecule has 3 saturated carbocycles. The minimum absolute atomic E-state index is 0.0160. The van der Waals surface area contributed by atoms with Crippen LogP contribution in [0.5, 0.6) is 5.75 Å². The van der Waals surface area contributed by atoms with Crippen molar-refractivity contribution < 1.29 is 19.4 Å². The lowest BCUT2D eigenvalue weighted by atomic mass is 9.59. The maximum atomic E-state index is 13.1. The smallest absolute Gasteiger partial charge is 0.258 e. The predicted molar refractivity (Wildman–Crippen MR) is 98.0 cm³/mol. The Morgan fingerprint density at radius 2 is 1.96 bits per heavy atom. The fourth-order valence-electron chi connectivity index (χ4n) is 5.58. The van der Waals surface area contributed by atoms with Crippen molar-refractivity contribution in [2.75, 3.05) is 13.1 Å². The first-order chi connectivity index (χ1) is 13.1. The Hall–Kier alpha value is -2.08. The summed E-state index contributed by atoms with van der Waals surface area (Å²) in [7, 11) is 0. The third-order valence-corrected chi connectivity index (χ3v) is 7.06. The molecule has 0 aromatic heterocycles. The van der Waals surface area contributed by atoms with Gasteiger partial charge >= 0.3 is 0 Å². The lowest BCUT2D eigenvalue weighted by Crippen LogP contribution is -2.67. The van der Waals surface area contributed by atoms with Crippen LogP contribution >= 0.6 is 0 Å². The first-order valence-electron chi connectivity index (χ1n) is 10.1. The molecule has 27 heavy (non-hydrogen) atoms. The molecular weight excluding hydrogens is 344 g/mol. The maximum Gasteiger partial charge on any atom is 0.258 e. The average Bonchev–Trinajstić information content (AvgIpc) is 2.68. The SMILES string of the molecule is O=C1N[C@@]2(C[C@H]3CC[C@@H]2C[C@@H]3C(=O)N2CCC(O)CC2)Oc2ccccc21. The van der Waals surface area contributed by atoms with Crippen LogP contribution < -0.4 is 10.1 Å². The van der Waals surface area contributed by atoms with Gasteiger partial charge in [0.2, 0.25) is 5.91 Å². The van der Waals surface area contributed by atoms with Crippen molar-refractivity contribution in [1.29, 1.82) is 0 Å². The van der Waals surface area contributed by atoms with Gasteiger partial charge in [0.05, 0.1) is 11.7 Å². The van der Waals surface area contributed by atoms with Crippen LogP contribution in [-0.4, -0.2) is 46.7 Å². The van der Waals surface area contributed by atoms with E-state index in [1.807, 2.05) is 23.1 Å². The van der Waals surface area contributed by atoms with Gasteiger partial charge in [0.25, 0.3) is 5.91 Å². The van der Waals surface area contributed by atoms with E-state index in [1.54, 1.807) is 6.07 Å². The van der Waals surface area contributed by atoms with Gasteiger partial charge < -0.3 is 20.1 Å². The summed E-state index contributed by atoms with van der Waals surface area (Å²) in [5, 5.41) is 12.8. The standard InChI is InChI=1S/C21H26N2O4/c24-15-7-9-23(10-8-15)20(26)17-11-14-6-5-13(17)12-21(14)22-19(25)16-3-1-2-4-18(16)27-21/h1-4,13-15,17,24H,5-12H2,(H,22,25)/t13-,14-,17+,21+/m1/s1. The zero-order chi connectivity index (χ0) is 18.6. The second-order valence-electron chi connectivity index (χ2n) is 8.58. The van der Waals surface area contributed by atoms with E-state index in [2.05, 4.69) is 5.32 Å².